The van der Waals surface area contributed by atoms with Crippen molar-refractivity contribution in [1.29, 1.82) is 0 Å². The number of carboxylic acid groups (broad SMARTS) is 1. The monoisotopic (exact) mass is 281 g/mol. The molecule has 2 rings (SSSR count). The zero-order valence-corrected chi connectivity index (χ0v) is 10.9. The van der Waals surface area contributed by atoms with Gasteiger partial charge in [0.15, 0.2) is 17.2 Å². The summed E-state index contributed by atoms with van der Waals surface area (Å²) in [7, 11) is 0. The first-order valence-corrected chi connectivity index (χ1v) is 6.34. The lowest BCUT2D eigenvalue weighted by Gasteiger charge is -2.05. The molecule has 0 spiro atoms. The normalized spacial score (nSPS) is 10.4. The van der Waals surface area contributed by atoms with E-state index < -0.39 is 11.9 Å². The van der Waals surface area contributed by atoms with Crippen LogP contribution in [0.15, 0.2) is 18.3 Å². The number of aromatic carboxylic acids is 1. The SMILES string of the molecule is CCOC(=O)COc1c(C(=O)O)sc2ncccc12. The number of hydrogen-bond acceptors (Lipinski definition) is 6. The summed E-state index contributed by atoms with van der Waals surface area (Å²) < 4.78 is 10.0. The van der Waals surface area contributed by atoms with Gasteiger partial charge in [-0.15, -0.1) is 11.3 Å². The van der Waals surface area contributed by atoms with Gasteiger partial charge in [-0.05, 0) is 19.1 Å². The van der Waals surface area contributed by atoms with Gasteiger partial charge in [0, 0.05) is 6.20 Å². The predicted octanol–water partition coefficient (Wildman–Crippen LogP) is 1.94. The maximum absolute atomic E-state index is 11.2. The van der Waals surface area contributed by atoms with E-state index in [1.807, 2.05) is 0 Å². The zero-order chi connectivity index (χ0) is 13.8. The molecule has 7 heteroatoms. The number of fused-ring (bicyclic) bond motifs is 1. The lowest BCUT2D eigenvalue weighted by Crippen LogP contribution is -2.15. The Labute approximate surface area is 112 Å². The molecule has 1 N–H and O–H groups in total. The number of carbonyl (C=O) groups excluding carboxylic acids is 1. The number of carbonyl (C=O) groups is 2. The smallest absolute Gasteiger partial charge is 0.349 e. The molecule has 0 atom stereocenters. The molecule has 6 nitrogen and oxygen atoms in total. The third-order valence-corrected chi connectivity index (χ3v) is 3.34. The van der Waals surface area contributed by atoms with Crippen LogP contribution in [0.3, 0.4) is 0 Å². The Hall–Kier alpha value is -2.15. The third kappa shape index (κ3) is 2.82. The van der Waals surface area contributed by atoms with Crippen LogP contribution in [0.2, 0.25) is 0 Å². The van der Waals surface area contributed by atoms with Crippen molar-refractivity contribution in [3.8, 4) is 5.75 Å². The van der Waals surface area contributed by atoms with Crippen molar-refractivity contribution in [2.24, 2.45) is 0 Å². The number of hydrogen-bond donors (Lipinski definition) is 1. The zero-order valence-electron chi connectivity index (χ0n) is 10.1. The van der Waals surface area contributed by atoms with Crippen LogP contribution in [-0.4, -0.2) is 35.2 Å². The highest BCUT2D eigenvalue weighted by Crippen LogP contribution is 2.36. The van der Waals surface area contributed by atoms with Crippen molar-refractivity contribution in [3.63, 3.8) is 0 Å². The van der Waals surface area contributed by atoms with Crippen LogP contribution >= 0.6 is 11.3 Å². The minimum Gasteiger partial charge on any atom is -0.479 e. The van der Waals surface area contributed by atoms with E-state index in [1.54, 1.807) is 25.3 Å². The van der Waals surface area contributed by atoms with Gasteiger partial charge in [0.2, 0.25) is 0 Å². The Kier molecular flexibility index (Phi) is 3.96. The fourth-order valence-corrected chi connectivity index (χ4v) is 2.45. The summed E-state index contributed by atoms with van der Waals surface area (Å²) in [4.78, 5) is 27.0. The molecule has 0 bridgehead atoms. The van der Waals surface area contributed by atoms with Crippen LogP contribution < -0.4 is 4.74 Å². The van der Waals surface area contributed by atoms with Crippen LogP contribution in [0.1, 0.15) is 16.6 Å². The molecule has 100 valence electrons. The maximum atomic E-state index is 11.2. The molecular formula is C12H11NO5S. The summed E-state index contributed by atoms with van der Waals surface area (Å²) in [6, 6.07) is 3.38. The first-order chi connectivity index (χ1) is 9.13. The van der Waals surface area contributed by atoms with Gasteiger partial charge in [0.1, 0.15) is 4.83 Å². The molecule has 0 amide bonds. The Balaban J connectivity index is 2.31. The van der Waals surface area contributed by atoms with E-state index in [-0.39, 0.29) is 23.8 Å². The molecule has 0 saturated heterocycles. The molecule has 0 fully saturated rings. The summed E-state index contributed by atoms with van der Waals surface area (Å²) >= 11 is 1.01. The Morgan fingerprint density at radius 2 is 2.26 bits per heavy atom. The van der Waals surface area contributed by atoms with Crippen molar-refractivity contribution in [1.82, 2.24) is 4.98 Å². The largest absolute Gasteiger partial charge is 0.479 e. The van der Waals surface area contributed by atoms with Gasteiger partial charge >= 0.3 is 11.9 Å². The molecule has 0 unspecified atom stereocenters. The second-order valence-corrected chi connectivity index (χ2v) is 4.51. The molecule has 0 aliphatic carbocycles. The van der Waals surface area contributed by atoms with Gasteiger partial charge in [-0.1, -0.05) is 0 Å². The van der Waals surface area contributed by atoms with Crippen LogP contribution in [-0.2, 0) is 9.53 Å². The van der Waals surface area contributed by atoms with Crippen molar-refractivity contribution in [2.45, 2.75) is 6.92 Å². The van der Waals surface area contributed by atoms with E-state index in [1.165, 1.54) is 0 Å². The lowest BCUT2D eigenvalue weighted by atomic mass is 10.3. The fraction of sp³-hybridized carbons (Fsp3) is 0.250. The Bertz CT molecular complexity index is 622. The highest BCUT2D eigenvalue weighted by Gasteiger charge is 2.20. The molecular weight excluding hydrogens is 270 g/mol. The lowest BCUT2D eigenvalue weighted by molar-refractivity contribution is -0.145. The quantitative estimate of drug-likeness (QED) is 0.843. The number of carboxylic acids is 1. The number of ether oxygens (including phenoxy) is 2. The van der Waals surface area contributed by atoms with Crippen LogP contribution in [0, 0.1) is 0 Å². The van der Waals surface area contributed by atoms with Gasteiger partial charge in [-0.2, -0.15) is 0 Å². The Morgan fingerprint density at radius 3 is 2.95 bits per heavy atom. The van der Waals surface area contributed by atoms with Crippen molar-refractivity contribution < 1.29 is 24.2 Å². The van der Waals surface area contributed by atoms with Gasteiger partial charge in [-0.25, -0.2) is 14.6 Å². The number of pyridine rings is 1. The van der Waals surface area contributed by atoms with Crippen molar-refractivity contribution >= 4 is 33.5 Å². The van der Waals surface area contributed by atoms with E-state index in [9.17, 15) is 9.59 Å². The summed E-state index contributed by atoms with van der Waals surface area (Å²) in [5, 5.41) is 9.70. The van der Waals surface area contributed by atoms with Gasteiger partial charge < -0.3 is 14.6 Å². The van der Waals surface area contributed by atoms with E-state index in [0.29, 0.717) is 10.2 Å². The number of nitrogens with zero attached hydrogens (tertiary/aromatic N) is 1. The molecule has 0 saturated carbocycles. The topological polar surface area (TPSA) is 85.7 Å². The van der Waals surface area contributed by atoms with E-state index in [0.717, 1.165) is 11.3 Å². The number of esters is 1. The molecule has 0 aliphatic heterocycles. The molecule has 2 heterocycles. The average molecular weight is 281 g/mol. The van der Waals surface area contributed by atoms with Gasteiger partial charge in [0.05, 0.1) is 12.0 Å². The second kappa shape index (κ2) is 5.66. The molecule has 2 aromatic heterocycles. The first-order valence-electron chi connectivity index (χ1n) is 5.52. The number of aromatic nitrogens is 1. The van der Waals surface area contributed by atoms with Gasteiger partial charge in [-0.3, -0.25) is 0 Å². The third-order valence-electron chi connectivity index (χ3n) is 2.25. The fourth-order valence-electron chi connectivity index (χ4n) is 1.53. The minimum absolute atomic E-state index is 0.0259. The van der Waals surface area contributed by atoms with Crippen molar-refractivity contribution in [3.05, 3.63) is 23.2 Å². The standard InChI is InChI=1S/C12H11NO5S/c1-2-17-8(14)6-18-9-7-4-3-5-13-11(7)19-10(9)12(15)16/h3-5H,2,6H2,1H3,(H,15,16). The van der Waals surface area contributed by atoms with E-state index in [4.69, 9.17) is 14.6 Å². The van der Waals surface area contributed by atoms with E-state index >= 15 is 0 Å². The maximum Gasteiger partial charge on any atom is 0.349 e. The Morgan fingerprint density at radius 1 is 1.47 bits per heavy atom. The average Bonchev–Trinajstić information content (AvgIpc) is 2.75. The first kappa shape index (κ1) is 13.3. The minimum atomic E-state index is -1.11. The highest BCUT2D eigenvalue weighted by molar-refractivity contribution is 7.20. The number of thiophene rings is 1. The van der Waals surface area contributed by atoms with Crippen LogP contribution in [0.4, 0.5) is 0 Å². The van der Waals surface area contributed by atoms with Gasteiger partial charge in [0.25, 0.3) is 0 Å². The predicted molar refractivity (Wildman–Crippen MR) is 68.7 cm³/mol. The van der Waals surface area contributed by atoms with E-state index in [2.05, 4.69) is 4.98 Å². The second-order valence-electron chi connectivity index (χ2n) is 3.52. The molecule has 2 aromatic rings. The highest BCUT2D eigenvalue weighted by atomic mass is 32.1. The summed E-state index contributed by atoms with van der Waals surface area (Å²) in [6.07, 6.45) is 1.57. The molecule has 0 aliphatic rings. The molecule has 19 heavy (non-hydrogen) atoms. The summed E-state index contributed by atoms with van der Waals surface area (Å²) in [5.41, 5.74) is 0. The van der Waals surface area contributed by atoms with Crippen molar-refractivity contribution in [2.75, 3.05) is 13.2 Å². The van der Waals surface area contributed by atoms with Crippen LogP contribution in [0.25, 0.3) is 10.2 Å². The summed E-state index contributed by atoms with van der Waals surface area (Å²) in [5.74, 6) is -1.49. The molecule has 0 radical (unpaired) electrons. The van der Waals surface area contributed by atoms with Crippen LogP contribution in [0.5, 0.6) is 5.75 Å². The molecule has 0 aromatic carbocycles. The number of rotatable bonds is 5. The summed E-state index contributed by atoms with van der Waals surface area (Å²) in [6.45, 7) is 1.61.